The molecule has 0 aliphatic carbocycles. The Morgan fingerprint density at radius 3 is 3.00 bits per heavy atom. The molecule has 1 heterocycles. The molecule has 0 spiro atoms. The van der Waals surface area contributed by atoms with Crippen molar-refractivity contribution < 1.29 is 9.84 Å². The fourth-order valence-electron chi connectivity index (χ4n) is 1.74. The van der Waals surface area contributed by atoms with Crippen molar-refractivity contribution in [2.75, 3.05) is 6.61 Å². The molecule has 0 bridgehead atoms. The Morgan fingerprint density at radius 1 is 1.50 bits per heavy atom. The summed E-state index contributed by atoms with van der Waals surface area (Å²) in [6.45, 7) is 2.70. The normalized spacial score (nSPS) is 23.7. The van der Waals surface area contributed by atoms with Crippen LogP contribution < -0.4 is 0 Å². The van der Waals surface area contributed by atoms with Gasteiger partial charge in [-0.15, -0.1) is 11.8 Å². The molecule has 2 nitrogen and oxygen atoms in total. The van der Waals surface area contributed by atoms with E-state index in [-0.39, 0.29) is 6.10 Å². The first-order valence-electron chi connectivity index (χ1n) is 5.52. The van der Waals surface area contributed by atoms with Gasteiger partial charge in [0.1, 0.15) is 0 Å². The van der Waals surface area contributed by atoms with Gasteiger partial charge in [-0.25, -0.2) is 0 Å². The van der Waals surface area contributed by atoms with Crippen LogP contribution in [0.25, 0.3) is 0 Å². The molecule has 0 saturated carbocycles. The molecular weight excluding hydrogens is 176 g/mol. The molecule has 0 radical (unpaired) electrons. The van der Waals surface area contributed by atoms with E-state index in [1.54, 1.807) is 6.92 Å². The van der Waals surface area contributed by atoms with Crippen LogP contribution in [0.4, 0.5) is 0 Å². The van der Waals surface area contributed by atoms with Gasteiger partial charge in [0.05, 0.1) is 12.2 Å². The maximum absolute atomic E-state index is 9.55. The second-order valence-corrected chi connectivity index (χ2v) is 3.85. The maximum Gasteiger partial charge on any atom is 0.0650 e. The van der Waals surface area contributed by atoms with E-state index >= 15 is 0 Å². The van der Waals surface area contributed by atoms with Crippen LogP contribution in [0.5, 0.6) is 0 Å². The standard InChI is InChI=1S/C12H20O2/c1-2-3-6-11(13)8-9-12-7-4-5-10-14-12/h11-13H,4-10H2,1H3. The number of hydrogen-bond donors (Lipinski definition) is 1. The summed E-state index contributed by atoms with van der Waals surface area (Å²) in [7, 11) is 0. The Kier molecular flexibility index (Phi) is 5.66. The highest BCUT2D eigenvalue weighted by atomic mass is 16.5. The molecule has 1 fully saturated rings. The van der Waals surface area contributed by atoms with Crippen LogP contribution in [0.1, 0.15) is 45.4 Å². The first-order valence-corrected chi connectivity index (χ1v) is 5.52. The number of ether oxygens (including phenoxy) is 1. The first-order chi connectivity index (χ1) is 6.83. The van der Waals surface area contributed by atoms with Gasteiger partial charge in [-0.05, 0) is 39.0 Å². The minimum absolute atomic E-state index is 0.270. The third kappa shape index (κ3) is 4.64. The van der Waals surface area contributed by atoms with Crippen molar-refractivity contribution in [2.24, 2.45) is 0 Å². The van der Waals surface area contributed by atoms with E-state index in [9.17, 15) is 5.11 Å². The molecule has 0 aromatic heterocycles. The summed E-state index contributed by atoms with van der Waals surface area (Å²) >= 11 is 0. The summed E-state index contributed by atoms with van der Waals surface area (Å²) in [5.41, 5.74) is 0. The fourth-order valence-corrected chi connectivity index (χ4v) is 1.74. The van der Waals surface area contributed by atoms with Crippen LogP contribution in [0.3, 0.4) is 0 Å². The molecule has 0 aromatic rings. The fraction of sp³-hybridized carbons (Fsp3) is 0.833. The van der Waals surface area contributed by atoms with E-state index in [1.165, 1.54) is 12.8 Å². The van der Waals surface area contributed by atoms with Gasteiger partial charge < -0.3 is 9.84 Å². The molecule has 0 amide bonds. The van der Waals surface area contributed by atoms with Gasteiger partial charge in [0.25, 0.3) is 0 Å². The molecule has 1 rings (SSSR count). The molecule has 2 atom stereocenters. The van der Waals surface area contributed by atoms with Gasteiger partial charge in [-0.2, -0.15) is 0 Å². The Bertz CT molecular complexity index is 196. The van der Waals surface area contributed by atoms with Gasteiger partial charge in [0.15, 0.2) is 0 Å². The van der Waals surface area contributed by atoms with Crippen LogP contribution in [-0.2, 0) is 4.74 Å². The maximum atomic E-state index is 9.55. The third-order valence-electron chi connectivity index (χ3n) is 2.61. The number of aliphatic hydroxyl groups is 1. The van der Waals surface area contributed by atoms with E-state index in [2.05, 4.69) is 11.8 Å². The average molecular weight is 196 g/mol. The summed E-state index contributed by atoms with van der Waals surface area (Å²) in [5, 5.41) is 9.55. The van der Waals surface area contributed by atoms with Crippen LogP contribution >= 0.6 is 0 Å². The lowest BCUT2D eigenvalue weighted by molar-refractivity contribution is 0.00264. The zero-order valence-corrected chi connectivity index (χ0v) is 8.96. The van der Waals surface area contributed by atoms with E-state index in [0.717, 1.165) is 25.9 Å². The lowest BCUT2D eigenvalue weighted by Gasteiger charge is -2.23. The smallest absolute Gasteiger partial charge is 0.0650 e. The first kappa shape index (κ1) is 11.6. The molecule has 1 saturated heterocycles. The van der Waals surface area contributed by atoms with E-state index in [1.807, 2.05) is 0 Å². The highest BCUT2D eigenvalue weighted by Gasteiger charge is 2.14. The molecule has 14 heavy (non-hydrogen) atoms. The van der Waals surface area contributed by atoms with E-state index in [0.29, 0.717) is 12.5 Å². The van der Waals surface area contributed by atoms with Gasteiger partial charge >= 0.3 is 0 Å². The second kappa shape index (κ2) is 6.86. The zero-order valence-electron chi connectivity index (χ0n) is 8.96. The van der Waals surface area contributed by atoms with Gasteiger partial charge in [-0.3, -0.25) is 0 Å². The van der Waals surface area contributed by atoms with Crippen LogP contribution in [-0.4, -0.2) is 23.9 Å². The zero-order chi connectivity index (χ0) is 10.2. The average Bonchev–Trinajstić information content (AvgIpc) is 2.25. The Hall–Kier alpha value is -0.520. The number of hydrogen-bond acceptors (Lipinski definition) is 2. The molecular formula is C12H20O2. The SMILES string of the molecule is CC#CCC(O)CCC1CCCCO1. The lowest BCUT2D eigenvalue weighted by atomic mass is 10.0. The van der Waals surface area contributed by atoms with Crippen molar-refractivity contribution in [3.8, 4) is 11.8 Å². The van der Waals surface area contributed by atoms with Crippen LogP contribution in [0.2, 0.25) is 0 Å². The second-order valence-electron chi connectivity index (χ2n) is 3.85. The Balaban J connectivity index is 2.08. The highest BCUT2D eigenvalue weighted by molar-refractivity contribution is 4.96. The molecule has 1 aliphatic heterocycles. The summed E-state index contributed by atoms with van der Waals surface area (Å²) in [5.74, 6) is 5.69. The molecule has 2 unspecified atom stereocenters. The molecule has 0 aromatic carbocycles. The topological polar surface area (TPSA) is 29.5 Å². The summed E-state index contributed by atoms with van der Waals surface area (Å²) < 4.78 is 5.59. The van der Waals surface area contributed by atoms with Crippen molar-refractivity contribution in [2.45, 2.75) is 57.7 Å². The third-order valence-corrected chi connectivity index (χ3v) is 2.61. The Labute approximate surface area is 86.7 Å². The van der Waals surface area contributed by atoms with Crippen molar-refractivity contribution >= 4 is 0 Å². The van der Waals surface area contributed by atoms with Gasteiger partial charge in [0.2, 0.25) is 0 Å². The van der Waals surface area contributed by atoms with Crippen LogP contribution in [0.15, 0.2) is 0 Å². The Morgan fingerprint density at radius 2 is 2.36 bits per heavy atom. The van der Waals surface area contributed by atoms with E-state index < -0.39 is 0 Å². The minimum Gasteiger partial charge on any atom is -0.392 e. The largest absolute Gasteiger partial charge is 0.392 e. The summed E-state index contributed by atoms with van der Waals surface area (Å²) in [6, 6.07) is 0. The van der Waals surface area contributed by atoms with Crippen molar-refractivity contribution in [3.05, 3.63) is 0 Å². The predicted octanol–water partition coefficient (Wildman–Crippen LogP) is 2.11. The van der Waals surface area contributed by atoms with Crippen LogP contribution in [0, 0.1) is 11.8 Å². The van der Waals surface area contributed by atoms with Gasteiger partial charge in [-0.1, -0.05) is 0 Å². The highest BCUT2D eigenvalue weighted by Crippen LogP contribution is 2.18. The van der Waals surface area contributed by atoms with Gasteiger partial charge in [0, 0.05) is 13.0 Å². The number of rotatable bonds is 4. The molecule has 1 N–H and O–H groups in total. The molecule has 2 heteroatoms. The summed E-state index contributed by atoms with van der Waals surface area (Å²) in [4.78, 5) is 0. The number of aliphatic hydroxyl groups excluding tert-OH is 1. The van der Waals surface area contributed by atoms with Crippen molar-refractivity contribution in [1.29, 1.82) is 0 Å². The van der Waals surface area contributed by atoms with Crippen molar-refractivity contribution in [1.82, 2.24) is 0 Å². The summed E-state index contributed by atoms with van der Waals surface area (Å²) in [6.07, 6.45) is 6.14. The van der Waals surface area contributed by atoms with E-state index in [4.69, 9.17) is 4.74 Å². The minimum atomic E-state index is -0.270. The molecule has 80 valence electrons. The van der Waals surface area contributed by atoms with Crippen molar-refractivity contribution in [3.63, 3.8) is 0 Å². The lowest BCUT2D eigenvalue weighted by Crippen LogP contribution is -2.20. The quantitative estimate of drug-likeness (QED) is 0.698. The monoisotopic (exact) mass is 196 g/mol. The molecule has 1 aliphatic rings. The predicted molar refractivity (Wildman–Crippen MR) is 56.9 cm³/mol.